The highest BCUT2D eigenvalue weighted by Crippen LogP contribution is 2.32. The summed E-state index contributed by atoms with van der Waals surface area (Å²) in [6.45, 7) is 1.88. The van der Waals surface area contributed by atoms with E-state index in [-0.39, 0.29) is 5.91 Å². The number of benzene rings is 2. The SMILES string of the molecule is COc1ccccc1-c1nn(-c2ccccc2)cc1C(=O)Nc1cccc(C)n1. The molecule has 6 nitrogen and oxygen atoms in total. The molecular formula is C23H20N4O2. The Bertz CT molecular complexity index is 1150. The third kappa shape index (κ3) is 3.87. The number of pyridine rings is 1. The molecular weight excluding hydrogens is 364 g/mol. The summed E-state index contributed by atoms with van der Waals surface area (Å²) < 4.78 is 7.18. The average molecular weight is 384 g/mol. The minimum Gasteiger partial charge on any atom is -0.496 e. The maximum absolute atomic E-state index is 13.1. The number of anilines is 1. The van der Waals surface area contributed by atoms with Crippen LogP contribution in [0.1, 0.15) is 16.1 Å². The van der Waals surface area contributed by atoms with Crippen molar-refractivity contribution in [2.24, 2.45) is 0 Å². The number of ether oxygens (including phenoxy) is 1. The van der Waals surface area contributed by atoms with Crippen molar-refractivity contribution in [3.05, 3.63) is 90.3 Å². The fourth-order valence-electron chi connectivity index (χ4n) is 3.09. The van der Waals surface area contributed by atoms with E-state index in [4.69, 9.17) is 9.84 Å². The van der Waals surface area contributed by atoms with E-state index in [0.717, 1.165) is 16.9 Å². The van der Waals surface area contributed by atoms with Crippen molar-refractivity contribution in [2.75, 3.05) is 12.4 Å². The van der Waals surface area contributed by atoms with Gasteiger partial charge in [0.2, 0.25) is 0 Å². The second-order valence-corrected chi connectivity index (χ2v) is 6.49. The van der Waals surface area contributed by atoms with Crippen molar-refractivity contribution in [1.82, 2.24) is 14.8 Å². The number of rotatable bonds is 5. The molecule has 4 aromatic rings. The lowest BCUT2D eigenvalue weighted by Gasteiger charge is -2.08. The molecule has 0 bridgehead atoms. The first-order chi connectivity index (χ1) is 14.2. The molecule has 144 valence electrons. The monoisotopic (exact) mass is 384 g/mol. The van der Waals surface area contributed by atoms with Crippen LogP contribution in [0, 0.1) is 6.92 Å². The summed E-state index contributed by atoms with van der Waals surface area (Å²) in [5.74, 6) is 0.855. The maximum atomic E-state index is 13.1. The van der Waals surface area contributed by atoms with Crippen LogP contribution in [-0.4, -0.2) is 27.8 Å². The average Bonchev–Trinajstić information content (AvgIpc) is 3.20. The molecule has 1 N–H and O–H groups in total. The molecule has 0 spiro atoms. The molecule has 6 heteroatoms. The van der Waals surface area contributed by atoms with E-state index >= 15 is 0 Å². The summed E-state index contributed by atoms with van der Waals surface area (Å²) in [7, 11) is 1.60. The molecule has 29 heavy (non-hydrogen) atoms. The molecule has 0 saturated heterocycles. The molecule has 0 fully saturated rings. The number of nitrogens with zero attached hydrogens (tertiary/aromatic N) is 3. The van der Waals surface area contributed by atoms with Crippen LogP contribution in [0.15, 0.2) is 79.0 Å². The molecule has 0 radical (unpaired) electrons. The van der Waals surface area contributed by atoms with Gasteiger partial charge in [0.25, 0.3) is 5.91 Å². The molecule has 4 rings (SSSR count). The van der Waals surface area contributed by atoms with E-state index in [1.165, 1.54) is 0 Å². The standard InChI is InChI=1S/C23H20N4O2/c1-16-9-8-14-21(24-16)25-23(28)19-15-27(17-10-4-3-5-11-17)26-22(19)18-12-6-7-13-20(18)29-2/h3-15H,1-2H3,(H,24,25,28). The van der Waals surface area contributed by atoms with Crippen LogP contribution in [-0.2, 0) is 0 Å². The van der Waals surface area contributed by atoms with E-state index in [2.05, 4.69) is 10.3 Å². The first-order valence-electron chi connectivity index (χ1n) is 9.19. The molecule has 2 aromatic carbocycles. The highest BCUT2D eigenvalue weighted by Gasteiger charge is 2.21. The lowest BCUT2D eigenvalue weighted by molar-refractivity contribution is 0.102. The van der Waals surface area contributed by atoms with Crippen molar-refractivity contribution >= 4 is 11.7 Å². The van der Waals surface area contributed by atoms with Gasteiger partial charge in [-0.3, -0.25) is 4.79 Å². The Kier molecular flexibility index (Phi) is 5.07. The van der Waals surface area contributed by atoms with Gasteiger partial charge in [-0.25, -0.2) is 9.67 Å². The molecule has 0 atom stereocenters. The third-order valence-electron chi connectivity index (χ3n) is 4.47. The zero-order valence-electron chi connectivity index (χ0n) is 16.2. The number of para-hydroxylation sites is 2. The lowest BCUT2D eigenvalue weighted by atomic mass is 10.1. The van der Waals surface area contributed by atoms with Crippen LogP contribution in [0.4, 0.5) is 5.82 Å². The quantitative estimate of drug-likeness (QED) is 0.550. The normalized spacial score (nSPS) is 10.6. The summed E-state index contributed by atoms with van der Waals surface area (Å²) in [4.78, 5) is 17.5. The number of carbonyl (C=O) groups excluding carboxylic acids is 1. The Labute approximate surface area is 168 Å². The number of aryl methyl sites for hydroxylation is 1. The summed E-state index contributed by atoms with van der Waals surface area (Å²) >= 11 is 0. The Morgan fingerprint density at radius 2 is 1.72 bits per heavy atom. The molecule has 0 saturated carbocycles. The van der Waals surface area contributed by atoms with Crippen molar-refractivity contribution in [3.63, 3.8) is 0 Å². The summed E-state index contributed by atoms with van der Waals surface area (Å²) in [6.07, 6.45) is 1.72. The molecule has 2 aromatic heterocycles. The Balaban J connectivity index is 1.81. The summed E-state index contributed by atoms with van der Waals surface area (Å²) in [6, 6.07) is 22.7. The highest BCUT2D eigenvalue weighted by atomic mass is 16.5. The summed E-state index contributed by atoms with van der Waals surface area (Å²) in [5, 5.41) is 7.56. The number of hydrogen-bond donors (Lipinski definition) is 1. The molecule has 0 aliphatic heterocycles. The minimum atomic E-state index is -0.286. The van der Waals surface area contributed by atoms with Gasteiger partial charge in [-0.15, -0.1) is 0 Å². The predicted molar refractivity (Wildman–Crippen MR) is 112 cm³/mol. The van der Waals surface area contributed by atoms with Gasteiger partial charge < -0.3 is 10.1 Å². The minimum absolute atomic E-state index is 0.286. The van der Waals surface area contributed by atoms with E-state index < -0.39 is 0 Å². The molecule has 0 aliphatic rings. The Morgan fingerprint density at radius 1 is 0.966 bits per heavy atom. The topological polar surface area (TPSA) is 69.0 Å². The number of hydrogen-bond acceptors (Lipinski definition) is 4. The fraction of sp³-hybridized carbons (Fsp3) is 0.0870. The summed E-state index contributed by atoms with van der Waals surface area (Å²) in [5.41, 5.74) is 3.40. The molecule has 0 unspecified atom stereocenters. The zero-order chi connectivity index (χ0) is 20.2. The zero-order valence-corrected chi connectivity index (χ0v) is 16.2. The second-order valence-electron chi connectivity index (χ2n) is 6.49. The number of nitrogens with one attached hydrogen (secondary N) is 1. The number of amides is 1. The van der Waals surface area contributed by atoms with Gasteiger partial charge >= 0.3 is 0 Å². The highest BCUT2D eigenvalue weighted by molar-refractivity contribution is 6.08. The second kappa shape index (κ2) is 7.98. The smallest absolute Gasteiger partial charge is 0.260 e. The van der Waals surface area contributed by atoms with Crippen molar-refractivity contribution in [3.8, 4) is 22.7 Å². The van der Waals surface area contributed by atoms with Crippen LogP contribution >= 0.6 is 0 Å². The van der Waals surface area contributed by atoms with Crippen molar-refractivity contribution in [2.45, 2.75) is 6.92 Å². The van der Waals surface area contributed by atoms with Gasteiger partial charge in [0.1, 0.15) is 17.3 Å². The van der Waals surface area contributed by atoms with Gasteiger partial charge in [0, 0.05) is 17.5 Å². The third-order valence-corrected chi connectivity index (χ3v) is 4.47. The van der Waals surface area contributed by atoms with Crippen LogP contribution in [0.5, 0.6) is 5.75 Å². The molecule has 1 amide bonds. The van der Waals surface area contributed by atoms with Crippen molar-refractivity contribution in [1.29, 1.82) is 0 Å². The first-order valence-corrected chi connectivity index (χ1v) is 9.19. The number of methoxy groups -OCH3 is 1. The van der Waals surface area contributed by atoms with Gasteiger partial charge in [-0.1, -0.05) is 36.4 Å². The van der Waals surface area contributed by atoms with Gasteiger partial charge in [0.05, 0.1) is 18.4 Å². The van der Waals surface area contributed by atoms with Crippen LogP contribution in [0.25, 0.3) is 16.9 Å². The van der Waals surface area contributed by atoms with Gasteiger partial charge in [-0.05, 0) is 43.3 Å². The Morgan fingerprint density at radius 3 is 2.48 bits per heavy atom. The molecule has 0 aliphatic carbocycles. The lowest BCUT2D eigenvalue weighted by Crippen LogP contribution is -2.13. The van der Waals surface area contributed by atoms with Gasteiger partial charge in [0.15, 0.2) is 0 Å². The largest absolute Gasteiger partial charge is 0.496 e. The Hall–Kier alpha value is -3.93. The first kappa shape index (κ1) is 18.4. The predicted octanol–water partition coefficient (Wildman–Crippen LogP) is 4.50. The van der Waals surface area contributed by atoms with E-state index in [1.807, 2.05) is 73.7 Å². The number of aromatic nitrogens is 3. The number of carbonyl (C=O) groups is 1. The van der Waals surface area contributed by atoms with Crippen molar-refractivity contribution < 1.29 is 9.53 Å². The van der Waals surface area contributed by atoms with E-state index in [9.17, 15) is 4.79 Å². The van der Waals surface area contributed by atoms with E-state index in [1.54, 1.807) is 24.1 Å². The molecule has 2 heterocycles. The van der Waals surface area contributed by atoms with Crippen LogP contribution in [0.3, 0.4) is 0 Å². The maximum Gasteiger partial charge on any atom is 0.260 e. The fourth-order valence-corrected chi connectivity index (χ4v) is 3.09. The van der Waals surface area contributed by atoms with Crippen LogP contribution in [0.2, 0.25) is 0 Å². The van der Waals surface area contributed by atoms with Gasteiger partial charge in [-0.2, -0.15) is 5.10 Å². The van der Waals surface area contributed by atoms with Crippen LogP contribution < -0.4 is 10.1 Å². The van der Waals surface area contributed by atoms with E-state index in [0.29, 0.717) is 22.8 Å².